The van der Waals surface area contributed by atoms with Crippen LogP contribution >= 0.6 is 0 Å². The highest BCUT2D eigenvalue weighted by Crippen LogP contribution is 2.50. The largest absolute Gasteiger partial charge is 0.480 e. The minimum Gasteiger partial charge on any atom is -0.480 e. The van der Waals surface area contributed by atoms with Crippen LogP contribution in [0.25, 0.3) is 0 Å². The van der Waals surface area contributed by atoms with Crippen LogP contribution < -0.4 is 0 Å². The lowest BCUT2D eigenvalue weighted by molar-refractivity contribution is -0.149. The predicted molar refractivity (Wildman–Crippen MR) is 58.7 cm³/mol. The number of nitriles is 1. The van der Waals surface area contributed by atoms with Gasteiger partial charge in [0.15, 0.2) is 0 Å². The maximum atomic E-state index is 11.3. The molecule has 1 saturated carbocycles. The summed E-state index contributed by atoms with van der Waals surface area (Å²) >= 11 is 0. The van der Waals surface area contributed by atoms with Gasteiger partial charge in [0, 0.05) is 13.0 Å². The predicted octanol–water partition coefficient (Wildman–Crippen LogP) is 1.62. The van der Waals surface area contributed by atoms with Gasteiger partial charge in [-0.05, 0) is 44.6 Å². The first-order chi connectivity index (χ1) is 7.52. The molecule has 4 heteroatoms. The first kappa shape index (κ1) is 11.4. The van der Waals surface area contributed by atoms with E-state index < -0.39 is 11.5 Å². The number of nitrogens with zero attached hydrogens (tertiary/aromatic N) is 2. The van der Waals surface area contributed by atoms with Gasteiger partial charge in [0.2, 0.25) is 0 Å². The summed E-state index contributed by atoms with van der Waals surface area (Å²) in [5.74, 6) is -0.724. The van der Waals surface area contributed by atoms with Crippen molar-refractivity contribution in [3.05, 3.63) is 0 Å². The monoisotopic (exact) mass is 222 g/mol. The molecule has 0 radical (unpaired) electrons. The fraction of sp³-hybridized carbons (Fsp3) is 0.833. The third kappa shape index (κ3) is 1.80. The minimum atomic E-state index is -0.724. The molecule has 1 N–H and O–H groups in total. The molecule has 1 aliphatic carbocycles. The molecule has 2 fully saturated rings. The van der Waals surface area contributed by atoms with E-state index in [1.165, 1.54) is 0 Å². The molecule has 0 aromatic carbocycles. The Bertz CT molecular complexity index is 343. The van der Waals surface area contributed by atoms with Crippen molar-refractivity contribution in [1.82, 2.24) is 4.90 Å². The van der Waals surface area contributed by atoms with E-state index in [0.717, 1.165) is 38.8 Å². The Kier molecular flexibility index (Phi) is 2.67. The first-order valence-electron chi connectivity index (χ1n) is 5.88. The highest BCUT2D eigenvalue weighted by atomic mass is 16.4. The second-order valence-corrected chi connectivity index (χ2v) is 5.44. The molecule has 0 amide bonds. The number of carboxylic acids is 1. The van der Waals surface area contributed by atoms with Crippen LogP contribution in [-0.4, -0.2) is 34.6 Å². The van der Waals surface area contributed by atoms with E-state index in [0.29, 0.717) is 6.42 Å². The van der Waals surface area contributed by atoms with E-state index in [4.69, 9.17) is 5.26 Å². The molecule has 0 aromatic heterocycles. The van der Waals surface area contributed by atoms with E-state index in [1.54, 1.807) is 0 Å². The van der Waals surface area contributed by atoms with E-state index in [2.05, 4.69) is 11.0 Å². The van der Waals surface area contributed by atoms with Crippen molar-refractivity contribution in [3.8, 4) is 6.07 Å². The minimum absolute atomic E-state index is 0.107. The standard InChI is InChI=1S/C12H18N2O2/c1-11(10(15)16)3-2-8-14(11)9-12(4-5-12)6-7-13/h2-6,8-9H2,1H3,(H,15,16). The lowest BCUT2D eigenvalue weighted by Crippen LogP contribution is -2.49. The van der Waals surface area contributed by atoms with Gasteiger partial charge in [-0.2, -0.15) is 5.26 Å². The summed E-state index contributed by atoms with van der Waals surface area (Å²) < 4.78 is 0. The molecule has 2 aliphatic rings. The van der Waals surface area contributed by atoms with Crippen molar-refractivity contribution in [3.63, 3.8) is 0 Å². The van der Waals surface area contributed by atoms with Crippen LogP contribution in [0.15, 0.2) is 0 Å². The van der Waals surface area contributed by atoms with Gasteiger partial charge in [0.1, 0.15) is 5.54 Å². The molecule has 88 valence electrons. The topological polar surface area (TPSA) is 64.3 Å². The molecule has 0 bridgehead atoms. The van der Waals surface area contributed by atoms with Gasteiger partial charge in [0.25, 0.3) is 0 Å². The quantitative estimate of drug-likeness (QED) is 0.785. The van der Waals surface area contributed by atoms with E-state index in [-0.39, 0.29) is 5.41 Å². The van der Waals surface area contributed by atoms with Gasteiger partial charge in [-0.3, -0.25) is 9.69 Å². The number of hydrogen-bond acceptors (Lipinski definition) is 3. The Morgan fingerprint density at radius 2 is 2.19 bits per heavy atom. The zero-order valence-electron chi connectivity index (χ0n) is 9.70. The summed E-state index contributed by atoms with van der Waals surface area (Å²) in [7, 11) is 0. The molecular formula is C12H18N2O2. The van der Waals surface area contributed by atoms with E-state index >= 15 is 0 Å². The number of carbonyl (C=O) groups is 1. The van der Waals surface area contributed by atoms with Crippen molar-refractivity contribution in [1.29, 1.82) is 5.26 Å². The SMILES string of the molecule is CC1(C(=O)O)CCCN1CC1(CC#N)CC1. The summed E-state index contributed by atoms with van der Waals surface area (Å²) in [5.41, 5.74) is -0.596. The van der Waals surface area contributed by atoms with Crippen LogP contribution in [0.4, 0.5) is 0 Å². The lowest BCUT2D eigenvalue weighted by atomic mass is 9.96. The Balaban J connectivity index is 2.05. The van der Waals surface area contributed by atoms with Crippen LogP contribution in [0, 0.1) is 16.7 Å². The second kappa shape index (κ2) is 3.74. The maximum absolute atomic E-state index is 11.3. The number of carboxylic acid groups (broad SMARTS) is 1. The summed E-state index contributed by atoms with van der Waals surface area (Å²) in [6, 6.07) is 2.23. The molecule has 1 unspecified atom stereocenters. The number of hydrogen-bond donors (Lipinski definition) is 1. The highest BCUT2D eigenvalue weighted by Gasteiger charge is 2.50. The van der Waals surface area contributed by atoms with Gasteiger partial charge in [0.05, 0.1) is 6.07 Å². The first-order valence-corrected chi connectivity index (χ1v) is 5.88. The number of rotatable bonds is 4. The van der Waals surface area contributed by atoms with Crippen molar-refractivity contribution in [2.45, 2.75) is 44.6 Å². The highest BCUT2D eigenvalue weighted by molar-refractivity contribution is 5.78. The second-order valence-electron chi connectivity index (χ2n) is 5.44. The summed E-state index contributed by atoms with van der Waals surface area (Å²) in [6.45, 7) is 3.45. The van der Waals surface area contributed by atoms with Crippen molar-refractivity contribution >= 4 is 5.97 Å². The Morgan fingerprint density at radius 3 is 2.69 bits per heavy atom. The molecule has 0 spiro atoms. The summed E-state index contributed by atoms with van der Waals surface area (Å²) in [4.78, 5) is 13.4. The number of likely N-dealkylation sites (tertiary alicyclic amines) is 1. The summed E-state index contributed by atoms with van der Waals surface area (Å²) in [5, 5.41) is 18.1. The molecule has 1 aliphatic heterocycles. The average Bonchev–Trinajstić information content (AvgIpc) is 2.86. The van der Waals surface area contributed by atoms with Crippen molar-refractivity contribution < 1.29 is 9.90 Å². The molecule has 16 heavy (non-hydrogen) atoms. The van der Waals surface area contributed by atoms with Gasteiger partial charge in [-0.15, -0.1) is 0 Å². The molecule has 1 atom stereocenters. The van der Waals surface area contributed by atoms with Crippen molar-refractivity contribution in [2.24, 2.45) is 5.41 Å². The average molecular weight is 222 g/mol. The molecule has 1 saturated heterocycles. The maximum Gasteiger partial charge on any atom is 0.323 e. The number of aliphatic carboxylic acids is 1. The fourth-order valence-corrected chi connectivity index (χ4v) is 2.65. The zero-order valence-corrected chi connectivity index (χ0v) is 9.70. The van der Waals surface area contributed by atoms with Crippen molar-refractivity contribution in [2.75, 3.05) is 13.1 Å². The van der Waals surface area contributed by atoms with Crippen LogP contribution in [0.2, 0.25) is 0 Å². The fourth-order valence-electron chi connectivity index (χ4n) is 2.65. The molecule has 4 nitrogen and oxygen atoms in total. The summed E-state index contributed by atoms with van der Waals surface area (Å²) in [6.07, 6.45) is 4.40. The zero-order chi connectivity index (χ0) is 11.8. The Morgan fingerprint density at radius 1 is 1.50 bits per heavy atom. The lowest BCUT2D eigenvalue weighted by Gasteiger charge is -2.33. The van der Waals surface area contributed by atoms with Gasteiger partial charge < -0.3 is 5.11 Å². The molecule has 1 heterocycles. The van der Waals surface area contributed by atoms with Crippen LogP contribution in [0.3, 0.4) is 0 Å². The van der Waals surface area contributed by atoms with Gasteiger partial charge in [-0.1, -0.05) is 0 Å². The van der Waals surface area contributed by atoms with Crippen LogP contribution in [0.5, 0.6) is 0 Å². The third-order valence-electron chi connectivity index (χ3n) is 4.19. The normalized spacial score (nSPS) is 32.2. The molecule has 0 aromatic rings. The molecular weight excluding hydrogens is 204 g/mol. The Hall–Kier alpha value is -1.08. The van der Waals surface area contributed by atoms with Gasteiger partial charge >= 0.3 is 5.97 Å². The molecule has 2 rings (SSSR count). The van der Waals surface area contributed by atoms with Crippen LogP contribution in [-0.2, 0) is 4.79 Å². The van der Waals surface area contributed by atoms with E-state index in [1.807, 2.05) is 6.92 Å². The van der Waals surface area contributed by atoms with Gasteiger partial charge in [-0.25, -0.2) is 0 Å². The Labute approximate surface area is 95.9 Å². The smallest absolute Gasteiger partial charge is 0.323 e. The van der Waals surface area contributed by atoms with Crippen LogP contribution in [0.1, 0.15) is 39.0 Å². The third-order valence-corrected chi connectivity index (χ3v) is 4.19. The van der Waals surface area contributed by atoms with E-state index in [9.17, 15) is 9.90 Å².